The van der Waals surface area contributed by atoms with E-state index in [0.717, 1.165) is 30.9 Å². The van der Waals surface area contributed by atoms with Crippen LogP contribution in [0.2, 0.25) is 0 Å². The Morgan fingerprint density at radius 3 is 2.71 bits per heavy atom. The van der Waals surface area contributed by atoms with Gasteiger partial charge in [0.25, 0.3) is 0 Å². The Labute approximate surface area is 130 Å². The third-order valence-corrected chi connectivity index (χ3v) is 5.71. The molecule has 1 aromatic heterocycles. The van der Waals surface area contributed by atoms with Gasteiger partial charge in [0.1, 0.15) is 5.00 Å². The van der Waals surface area contributed by atoms with Crippen LogP contribution < -0.4 is 15.4 Å². The molecule has 21 heavy (non-hydrogen) atoms. The van der Waals surface area contributed by atoms with Gasteiger partial charge in [-0.25, -0.2) is 0 Å². The summed E-state index contributed by atoms with van der Waals surface area (Å²) in [6.07, 6.45) is 4.41. The Morgan fingerprint density at radius 1 is 1.43 bits per heavy atom. The van der Waals surface area contributed by atoms with E-state index in [1.807, 2.05) is 0 Å². The zero-order chi connectivity index (χ0) is 15.2. The summed E-state index contributed by atoms with van der Waals surface area (Å²) in [7, 11) is 1.64. The Hall–Kier alpha value is -1.23. The second-order valence-electron chi connectivity index (χ2n) is 7.01. The lowest BCUT2D eigenvalue weighted by Gasteiger charge is -2.38. The number of nitrogens with zero attached hydrogens (tertiary/aromatic N) is 1. The SMILES string of the molecule is COc1c(N2CCCC(C)(C)C2)sc(C(=O)C2CC2)c1N. The van der Waals surface area contributed by atoms with Gasteiger partial charge in [0.15, 0.2) is 11.5 Å². The molecule has 1 aliphatic heterocycles. The van der Waals surface area contributed by atoms with E-state index in [0.29, 0.717) is 21.7 Å². The highest BCUT2D eigenvalue weighted by Crippen LogP contribution is 2.49. The zero-order valence-corrected chi connectivity index (χ0v) is 13.9. The van der Waals surface area contributed by atoms with E-state index in [1.54, 1.807) is 7.11 Å². The summed E-state index contributed by atoms with van der Waals surface area (Å²) >= 11 is 1.52. The molecule has 2 N–H and O–H groups in total. The fraction of sp³-hybridized carbons (Fsp3) is 0.688. The first-order valence-electron chi connectivity index (χ1n) is 7.68. The Morgan fingerprint density at radius 2 is 2.14 bits per heavy atom. The van der Waals surface area contributed by atoms with Crippen LogP contribution in [0.15, 0.2) is 0 Å². The number of nitrogens with two attached hydrogens (primary N) is 1. The van der Waals surface area contributed by atoms with Crippen molar-refractivity contribution in [3.05, 3.63) is 4.88 Å². The van der Waals surface area contributed by atoms with E-state index in [1.165, 1.54) is 24.2 Å². The summed E-state index contributed by atoms with van der Waals surface area (Å²) in [5, 5.41) is 1.03. The Bertz CT molecular complexity index is 561. The number of hydrogen-bond donors (Lipinski definition) is 1. The number of methoxy groups -OCH3 is 1. The summed E-state index contributed by atoms with van der Waals surface area (Å²) in [6.45, 7) is 6.58. The van der Waals surface area contributed by atoms with Crippen LogP contribution >= 0.6 is 11.3 Å². The molecule has 1 saturated heterocycles. The van der Waals surface area contributed by atoms with E-state index < -0.39 is 0 Å². The molecule has 2 fully saturated rings. The summed E-state index contributed by atoms with van der Waals surface area (Å²) in [4.78, 5) is 15.4. The molecule has 0 unspecified atom stereocenters. The van der Waals surface area contributed by atoms with E-state index >= 15 is 0 Å². The Balaban J connectivity index is 1.94. The van der Waals surface area contributed by atoms with Crippen LogP contribution in [0.5, 0.6) is 5.75 Å². The summed E-state index contributed by atoms with van der Waals surface area (Å²) in [6, 6.07) is 0. The van der Waals surface area contributed by atoms with Crippen molar-refractivity contribution in [1.82, 2.24) is 0 Å². The van der Waals surface area contributed by atoms with Crippen LogP contribution in [0.3, 0.4) is 0 Å². The molecule has 2 heterocycles. The lowest BCUT2D eigenvalue weighted by molar-refractivity contribution is 0.0972. The number of carbonyl (C=O) groups excluding carboxylic acids is 1. The summed E-state index contributed by atoms with van der Waals surface area (Å²) < 4.78 is 5.52. The number of piperidine rings is 1. The third-order valence-electron chi connectivity index (χ3n) is 4.45. The van der Waals surface area contributed by atoms with Gasteiger partial charge in [-0.2, -0.15) is 0 Å². The topological polar surface area (TPSA) is 55.6 Å². The number of carbonyl (C=O) groups is 1. The highest BCUT2D eigenvalue weighted by atomic mass is 32.1. The number of anilines is 2. The lowest BCUT2D eigenvalue weighted by atomic mass is 9.84. The highest BCUT2D eigenvalue weighted by Gasteiger charge is 2.36. The van der Waals surface area contributed by atoms with Crippen molar-refractivity contribution in [3.63, 3.8) is 0 Å². The monoisotopic (exact) mass is 308 g/mol. The second kappa shape index (κ2) is 5.20. The maximum absolute atomic E-state index is 12.4. The average Bonchev–Trinajstić information content (AvgIpc) is 3.21. The van der Waals surface area contributed by atoms with Crippen molar-refractivity contribution in [2.24, 2.45) is 11.3 Å². The molecule has 4 nitrogen and oxygen atoms in total. The van der Waals surface area contributed by atoms with Gasteiger partial charge < -0.3 is 15.4 Å². The number of Topliss-reactive ketones (excluding diaryl/α,β-unsaturated/α-hetero) is 1. The predicted octanol–water partition coefficient (Wildman–Crippen LogP) is 3.56. The van der Waals surface area contributed by atoms with E-state index in [4.69, 9.17) is 10.5 Å². The number of ketones is 1. The van der Waals surface area contributed by atoms with Crippen LogP contribution in [-0.2, 0) is 0 Å². The van der Waals surface area contributed by atoms with Gasteiger partial charge in [-0.1, -0.05) is 13.8 Å². The summed E-state index contributed by atoms with van der Waals surface area (Å²) in [5.41, 5.74) is 7.03. The predicted molar refractivity (Wildman–Crippen MR) is 87.6 cm³/mol. The average molecular weight is 308 g/mol. The van der Waals surface area contributed by atoms with Gasteiger partial charge in [-0.05, 0) is 31.1 Å². The minimum Gasteiger partial charge on any atom is -0.492 e. The molecule has 1 aliphatic carbocycles. The maximum atomic E-state index is 12.4. The number of hydrogen-bond acceptors (Lipinski definition) is 5. The number of nitrogen functional groups attached to an aromatic ring is 1. The van der Waals surface area contributed by atoms with E-state index in [9.17, 15) is 4.79 Å². The first-order valence-corrected chi connectivity index (χ1v) is 8.50. The quantitative estimate of drug-likeness (QED) is 0.864. The van der Waals surface area contributed by atoms with Crippen molar-refractivity contribution in [2.75, 3.05) is 30.8 Å². The standard InChI is InChI=1S/C16H24N2O2S/c1-16(2)7-4-8-18(9-16)15-13(20-3)11(17)14(21-15)12(19)10-5-6-10/h10H,4-9,17H2,1-3H3. The molecule has 5 heteroatoms. The number of ether oxygens (including phenoxy) is 1. The molecule has 2 aliphatic rings. The summed E-state index contributed by atoms with van der Waals surface area (Å²) in [5.74, 6) is 1.10. The third kappa shape index (κ3) is 2.76. The van der Waals surface area contributed by atoms with Crippen LogP contribution in [0.4, 0.5) is 10.7 Å². The van der Waals surface area contributed by atoms with Gasteiger partial charge in [-0.15, -0.1) is 11.3 Å². The van der Waals surface area contributed by atoms with Gasteiger partial charge in [0.05, 0.1) is 17.7 Å². The largest absolute Gasteiger partial charge is 0.492 e. The minimum absolute atomic E-state index is 0.196. The molecule has 0 spiro atoms. The minimum atomic E-state index is 0.196. The van der Waals surface area contributed by atoms with E-state index in [2.05, 4.69) is 18.7 Å². The molecule has 1 saturated carbocycles. The second-order valence-corrected chi connectivity index (χ2v) is 8.01. The first kappa shape index (κ1) is 14.7. The van der Waals surface area contributed by atoms with E-state index in [-0.39, 0.29) is 11.7 Å². The fourth-order valence-electron chi connectivity index (χ4n) is 3.13. The molecule has 0 amide bonds. The van der Waals surface area contributed by atoms with Gasteiger partial charge in [0.2, 0.25) is 0 Å². The maximum Gasteiger partial charge on any atom is 0.178 e. The van der Waals surface area contributed by atoms with Crippen molar-refractivity contribution in [2.45, 2.75) is 39.5 Å². The molecule has 0 aromatic carbocycles. The molecule has 1 aromatic rings. The molecular formula is C16H24N2O2S. The molecule has 0 bridgehead atoms. The van der Waals surface area contributed by atoms with Gasteiger partial charge in [0, 0.05) is 19.0 Å². The molecule has 0 atom stereocenters. The van der Waals surface area contributed by atoms with Crippen LogP contribution in [0.1, 0.15) is 49.2 Å². The highest BCUT2D eigenvalue weighted by molar-refractivity contribution is 7.19. The van der Waals surface area contributed by atoms with Crippen molar-refractivity contribution in [1.29, 1.82) is 0 Å². The van der Waals surface area contributed by atoms with Crippen molar-refractivity contribution < 1.29 is 9.53 Å². The number of rotatable bonds is 4. The fourth-order valence-corrected chi connectivity index (χ4v) is 4.37. The van der Waals surface area contributed by atoms with Crippen LogP contribution in [0, 0.1) is 11.3 Å². The van der Waals surface area contributed by atoms with Gasteiger partial charge >= 0.3 is 0 Å². The normalized spacial score (nSPS) is 21.4. The Kier molecular flexibility index (Phi) is 3.64. The molecule has 3 rings (SSSR count). The first-order chi connectivity index (χ1) is 9.93. The van der Waals surface area contributed by atoms with Crippen molar-refractivity contribution >= 4 is 27.8 Å². The molecule has 116 valence electrons. The molecule has 0 radical (unpaired) electrons. The van der Waals surface area contributed by atoms with Gasteiger partial charge in [-0.3, -0.25) is 4.79 Å². The smallest absolute Gasteiger partial charge is 0.178 e. The zero-order valence-electron chi connectivity index (χ0n) is 13.1. The van der Waals surface area contributed by atoms with Crippen LogP contribution in [-0.4, -0.2) is 26.0 Å². The van der Waals surface area contributed by atoms with Crippen molar-refractivity contribution in [3.8, 4) is 5.75 Å². The lowest BCUT2D eigenvalue weighted by Crippen LogP contribution is -2.39. The molecular weight excluding hydrogens is 284 g/mol. The number of thiophene rings is 1. The van der Waals surface area contributed by atoms with Crippen LogP contribution in [0.25, 0.3) is 0 Å².